The summed E-state index contributed by atoms with van der Waals surface area (Å²) in [5.41, 5.74) is 1.07. The standard InChI is InChI=1S/C14H19BrFNO/c1-9(13-7-2-10(16)8-14(13)15)17-11-3-5-12(18)6-4-11/h2,7-9,11-12,17-18H,3-6H2,1H3. The number of hydrogen-bond donors (Lipinski definition) is 2. The van der Waals surface area contributed by atoms with Crippen LogP contribution < -0.4 is 5.32 Å². The van der Waals surface area contributed by atoms with E-state index in [1.54, 1.807) is 0 Å². The SMILES string of the molecule is CC(NC1CCC(O)CC1)c1ccc(F)cc1Br. The van der Waals surface area contributed by atoms with E-state index in [0.717, 1.165) is 35.7 Å². The minimum atomic E-state index is -0.224. The third-order valence-electron chi connectivity index (χ3n) is 3.61. The van der Waals surface area contributed by atoms with Gasteiger partial charge in [0.2, 0.25) is 0 Å². The molecule has 0 aromatic heterocycles. The van der Waals surface area contributed by atoms with Gasteiger partial charge < -0.3 is 10.4 Å². The highest BCUT2D eigenvalue weighted by molar-refractivity contribution is 9.10. The van der Waals surface area contributed by atoms with Crippen molar-refractivity contribution in [2.24, 2.45) is 0 Å². The van der Waals surface area contributed by atoms with Crippen molar-refractivity contribution in [1.82, 2.24) is 5.32 Å². The molecule has 1 atom stereocenters. The molecular weight excluding hydrogens is 297 g/mol. The van der Waals surface area contributed by atoms with Crippen molar-refractivity contribution >= 4 is 15.9 Å². The van der Waals surface area contributed by atoms with Gasteiger partial charge in [-0.2, -0.15) is 0 Å². The normalized spacial score (nSPS) is 26.0. The van der Waals surface area contributed by atoms with Gasteiger partial charge in [0.25, 0.3) is 0 Å². The first kappa shape index (κ1) is 14.0. The number of benzene rings is 1. The maximum absolute atomic E-state index is 13.0. The highest BCUT2D eigenvalue weighted by Crippen LogP contribution is 2.26. The van der Waals surface area contributed by atoms with Crippen molar-refractivity contribution < 1.29 is 9.50 Å². The van der Waals surface area contributed by atoms with Crippen molar-refractivity contribution in [3.63, 3.8) is 0 Å². The summed E-state index contributed by atoms with van der Waals surface area (Å²) in [5.74, 6) is -0.224. The number of aliphatic hydroxyl groups is 1. The lowest BCUT2D eigenvalue weighted by atomic mass is 9.92. The Balaban J connectivity index is 1.97. The van der Waals surface area contributed by atoms with E-state index in [9.17, 15) is 9.50 Å². The molecule has 2 nitrogen and oxygen atoms in total. The van der Waals surface area contributed by atoms with Crippen LogP contribution in [0.1, 0.15) is 44.2 Å². The maximum atomic E-state index is 13.0. The zero-order valence-electron chi connectivity index (χ0n) is 10.5. The summed E-state index contributed by atoms with van der Waals surface area (Å²) in [6.07, 6.45) is 3.62. The Morgan fingerprint density at radius 2 is 2.00 bits per heavy atom. The van der Waals surface area contributed by atoms with Crippen molar-refractivity contribution in [3.8, 4) is 0 Å². The van der Waals surface area contributed by atoms with Crippen LogP contribution in [0.5, 0.6) is 0 Å². The van der Waals surface area contributed by atoms with Crippen LogP contribution in [0.4, 0.5) is 4.39 Å². The van der Waals surface area contributed by atoms with Gasteiger partial charge in [-0.3, -0.25) is 0 Å². The third-order valence-corrected chi connectivity index (χ3v) is 4.30. The number of halogens is 2. The minimum absolute atomic E-state index is 0.129. The number of nitrogens with one attached hydrogen (secondary N) is 1. The Labute approximate surface area is 116 Å². The lowest BCUT2D eigenvalue weighted by molar-refractivity contribution is 0.114. The molecule has 0 saturated heterocycles. The molecular formula is C14H19BrFNO. The predicted octanol–water partition coefficient (Wildman–Crippen LogP) is 3.54. The van der Waals surface area contributed by atoms with Crippen LogP contribution in [0.2, 0.25) is 0 Å². The smallest absolute Gasteiger partial charge is 0.124 e. The summed E-state index contributed by atoms with van der Waals surface area (Å²) in [6, 6.07) is 5.43. The molecule has 0 amide bonds. The van der Waals surface area contributed by atoms with E-state index >= 15 is 0 Å². The van der Waals surface area contributed by atoms with Gasteiger partial charge >= 0.3 is 0 Å². The fourth-order valence-electron chi connectivity index (χ4n) is 2.54. The molecule has 0 heterocycles. The third kappa shape index (κ3) is 3.53. The molecule has 100 valence electrons. The Hall–Kier alpha value is -0.450. The van der Waals surface area contributed by atoms with Gasteiger partial charge in [-0.25, -0.2) is 4.39 Å². The first-order valence-electron chi connectivity index (χ1n) is 6.45. The minimum Gasteiger partial charge on any atom is -0.393 e. The highest BCUT2D eigenvalue weighted by Gasteiger charge is 2.21. The van der Waals surface area contributed by atoms with E-state index in [4.69, 9.17) is 0 Å². The molecule has 0 bridgehead atoms. The largest absolute Gasteiger partial charge is 0.393 e. The van der Waals surface area contributed by atoms with E-state index in [1.807, 2.05) is 6.07 Å². The van der Waals surface area contributed by atoms with Crippen LogP contribution in [-0.4, -0.2) is 17.3 Å². The molecule has 1 unspecified atom stereocenters. The lowest BCUT2D eigenvalue weighted by Gasteiger charge is -2.29. The topological polar surface area (TPSA) is 32.3 Å². The maximum Gasteiger partial charge on any atom is 0.124 e. The first-order valence-corrected chi connectivity index (χ1v) is 7.24. The Morgan fingerprint density at radius 1 is 1.33 bits per heavy atom. The summed E-state index contributed by atoms with van der Waals surface area (Å²) in [4.78, 5) is 0. The first-order chi connectivity index (χ1) is 8.56. The molecule has 0 aliphatic heterocycles. The molecule has 18 heavy (non-hydrogen) atoms. The van der Waals surface area contributed by atoms with Crippen molar-refractivity contribution in [1.29, 1.82) is 0 Å². The molecule has 1 aromatic carbocycles. The zero-order chi connectivity index (χ0) is 13.1. The van der Waals surface area contributed by atoms with Gasteiger partial charge in [-0.15, -0.1) is 0 Å². The van der Waals surface area contributed by atoms with Crippen LogP contribution in [-0.2, 0) is 0 Å². The summed E-state index contributed by atoms with van der Waals surface area (Å²) < 4.78 is 13.8. The number of aliphatic hydroxyl groups excluding tert-OH is 1. The van der Waals surface area contributed by atoms with E-state index in [0.29, 0.717) is 6.04 Å². The summed E-state index contributed by atoms with van der Waals surface area (Å²) in [5, 5.41) is 13.0. The monoisotopic (exact) mass is 315 g/mol. The van der Waals surface area contributed by atoms with Gasteiger partial charge in [0.15, 0.2) is 0 Å². The van der Waals surface area contributed by atoms with Crippen LogP contribution in [0, 0.1) is 5.82 Å². The molecule has 1 aliphatic carbocycles. The lowest BCUT2D eigenvalue weighted by Crippen LogP contribution is -2.36. The molecule has 2 rings (SSSR count). The van der Waals surface area contributed by atoms with E-state index in [2.05, 4.69) is 28.2 Å². The second-order valence-electron chi connectivity index (χ2n) is 5.06. The summed E-state index contributed by atoms with van der Waals surface area (Å²) >= 11 is 3.40. The van der Waals surface area contributed by atoms with Gasteiger partial charge in [0, 0.05) is 16.6 Å². The molecule has 1 fully saturated rings. The molecule has 1 aromatic rings. The van der Waals surface area contributed by atoms with Gasteiger partial charge in [-0.05, 0) is 50.3 Å². The quantitative estimate of drug-likeness (QED) is 0.894. The number of hydrogen-bond acceptors (Lipinski definition) is 2. The fourth-order valence-corrected chi connectivity index (χ4v) is 3.23. The molecule has 2 N–H and O–H groups in total. The van der Waals surface area contributed by atoms with Crippen LogP contribution >= 0.6 is 15.9 Å². The van der Waals surface area contributed by atoms with Crippen molar-refractivity contribution in [3.05, 3.63) is 34.1 Å². The molecule has 0 spiro atoms. The molecule has 1 aliphatic rings. The van der Waals surface area contributed by atoms with E-state index < -0.39 is 0 Å². The molecule has 0 radical (unpaired) electrons. The van der Waals surface area contributed by atoms with Crippen LogP contribution in [0.15, 0.2) is 22.7 Å². The molecule has 4 heteroatoms. The summed E-state index contributed by atoms with van der Waals surface area (Å²) in [6.45, 7) is 2.09. The summed E-state index contributed by atoms with van der Waals surface area (Å²) in [7, 11) is 0. The van der Waals surface area contributed by atoms with Crippen LogP contribution in [0.25, 0.3) is 0 Å². The Bertz CT molecular complexity index is 405. The predicted molar refractivity (Wildman–Crippen MR) is 73.9 cm³/mol. The fraction of sp³-hybridized carbons (Fsp3) is 0.571. The highest BCUT2D eigenvalue weighted by atomic mass is 79.9. The van der Waals surface area contributed by atoms with Gasteiger partial charge in [0.05, 0.1) is 6.10 Å². The number of rotatable bonds is 3. The molecule has 1 saturated carbocycles. The second-order valence-corrected chi connectivity index (χ2v) is 5.91. The zero-order valence-corrected chi connectivity index (χ0v) is 12.1. The Kier molecular flexibility index (Phi) is 4.76. The average Bonchev–Trinajstić information content (AvgIpc) is 2.32. The van der Waals surface area contributed by atoms with Crippen molar-refractivity contribution in [2.45, 2.75) is 50.8 Å². The van der Waals surface area contributed by atoms with E-state index in [1.165, 1.54) is 12.1 Å². The van der Waals surface area contributed by atoms with E-state index in [-0.39, 0.29) is 18.0 Å². The van der Waals surface area contributed by atoms with Crippen molar-refractivity contribution in [2.75, 3.05) is 0 Å². The Morgan fingerprint density at radius 3 is 2.61 bits per heavy atom. The van der Waals surface area contributed by atoms with Gasteiger partial charge in [-0.1, -0.05) is 22.0 Å². The van der Waals surface area contributed by atoms with Crippen LogP contribution in [0.3, 0.4) is 0 Å². The average molecular weight is 316 g/mol. The second kappa shape index (κ2) is 6.13. The van der Waals surface area contributed by atoms with Gasteiger partial charge in [0.1, 0.15) is 5.82 Å².